The minimum Gasteiger partial charge on any atom is -0.345 e. The molecule has 1 amide bonds. The lowest BCUT2D eigenvalue weighted by atomic mass is 10.1. The highest BCUT2D eigenvalue weighted by Gasteiger charge is 2.12. The molecule has 0 saturated carbocycles. The highest BCUT2D eigenvalue weighted by Crippen LogP contribution is 2.22. The van der Waals surface area contributed by atoms with Crippen molar-refractivity contribution in [3.05, 3.63) is 48.2 Å². The fourth-order valence-corrected chi connectivity index (χ4v) is 2.21. The van der Waals surface area contributed by atoms with E-state index in [-0.39, 0.29) is 8.76 Å². The summed E-state index contributed by atoms with van der Waals surface area (Å²) >= 11 is 0. The normalized spacial score (nSPS) is 10.6. The lowest BCUT2D eigenvalue weighted by Crippen LogP contribution is -2.12. The van der Waals surface area contributed by atoms with Crippen LogP contribution in [0.1, 0.15) is 25.7 Å². The molecule has 0 spiro atoms. The van der Waals surface area contributed by atoms with Gasteiger partial charge in [-0.1, -0.05) is 6.92 Å². The summed E-state index contributed by atoms with van der Waals surface area (Å²) in [4.78, 5) is 23.7. The van der Waals surface area contributed by atoms with E-state index in [1.165, 1.54) is 6.20 Å². The van der Waals surface area contributed by atoms with E-state index in [0.717, 1.165) is 23.4 Å². The number of aromatic amines is 1. The zero-order chi connectivity index (χ0) is 15.5. The Hall–Kier alpha value is -2.96. The van der Waals surface area contributed by atoms with Gasteiger partial charge in [0.1, 0.15) is 11.6 Å². The molecule has 2 N–H and O–H groups in total. The molecule has 0 aliphatic heterocycles. The van der Waals surface area contributed by atoms with E-state index < -0.39 is 0 Å². The number of amides is 1. The second kappa shape index (κ2) is 5.80. The van der Waals surface area contributed by atoms with Gasteiger partial charge in [-0.15, -0.1) is 0 Å². The number of hydrogen-bond donors (Lipinski definition) is 2. The topological polar surface area (TPSA) is 88.5 Å². The average Bonchev–Trinajstić information content (AvgIpc) is 3.18. The predicted molar refractivity (Wildman–Crippen MR) is 86.6 cm³/mol. The number of H-pyrrole nitrogens is 1. The lowest BCUT2D eigenvalue weighted by Gasteiger charge is -2.08. The summed E-state index contributed by atoms with van der Waals surface area (Å²) in [6, 6.07) is 1.87. The number of anilines is 1. The van der Waals surface area contributed by atoms with Crippen LogP contribution in [0.2, 0.25) is 0 Å². The molecule has 0 fully saturated rings. The van der Waals surface area contributed by atoms with Crippen molar-refractivity contribution in [2.45, 2.75) is 13.3 Å². The largest absolute Gasteiger partial charge is 0.345 e. The van der Waals surface area contributed by atoms with Crippen LogP contribution < -0.4 is 5.32 Å². The number of hydrogen-bond acceptors (Lipinski definition) is 4. The third-order valence-electron chi connectivity index (χ3n) is 3.33. The van der Waals surface area contributed by atoms with Gasteiger partial charge < -0.3 is 10.3 Å². The first-order chi connectivity index (χ1) is 10.7. The maximum atomic E-state index is 12.1. The monoisotopic (exact) mass is 300 g/mol. The van der Waals surface area contributed by atoms with Gasteiger partial charge in [-0.3, -0.25) is 9.48 Å². The van der Waals surface area contributed by atoms with Crippen LogP contribution in [0, 0.1) is 0 Å². The number of aromatic nitrogens is 5. The minimum atomic E-state index is -0.228. The van der Waals surface area contributed by atoms with E-state index >= 15 is 0 Å². The van der Waals surface area contributed by atoms with Gasteiger partial charge in [0.05, 0.1) is 11.8 Å². The van der Waals surface area contributed by atoms with Crippen LogP contribution in [-0.2, 0) is 13.5 Å². The molecular weight excluding hydrogens is 280 g/mol. The van der Waals surface area contributed by atoms with E-state index in [4.69, 9.17) is 0 Å². The van der Waals surface area contributed by atoms with Crippen molar-refractivity contribution in [2.24, 2.45) is 7.05 Å². The summed E-state index contributed by atoms with van der Waals surface area (Å²) in [5.74, 6) is 1.06. The van der Waals surface area contributed by atoms with Crippen molar-refractivity contribution >= 4 is 11.7 Å². The van der Waals surface area contributed by atoms with Crippen LogP contribution in [0.4, 0.5) is 5.82 Å². The second-order valence-electron chi connectivity index (χ2n) is 4.87. The van der Waals surface area contributed by atoms with E-state index in [1.54, 1.807) is 36.5 Å². The second-order valence-corrected chi connectivity index (χ2v) is 4.87. The Morgan fingerprint density at radius 1 is 1.41 bits per heavy atom. The van der Waals surface area contributed by atoms with E-state index in [1.807, 2.05) is 6.07 Å². The van der Waals surface area contributed by atoms with Crippen LogP contribution in [0.15, 0.2) is 37.1 Å². The third-order valence-corrected chi connectivity index (χ3v) is 3.33. The maximum Gasteiger partial charge on any atom is 0.260 e. The van der Waals surface area contributed by atoms with Crippen molar-refractivity contribution in [1.82, 2.24) is 24.7 Å². The minimum absolute atomic E-state index is 0. The molecular formula is C15H20N6O. The fraction of sp³-hybridized carbons (Fsp3) is 0.200. The molecule has 3 heterocycles. The standard InChI is InChI=1S/C15H16N6O.2H2/c1-3-10-6-13(18-8-12(10)14-16-4-5-17-14)20-15(22)11-7-19-21(2)9-11;;/h4-9H,3H2,1-2H3,(H,16,17)(H,18,20,22);2*1H. The Bertz CT molecular complexity index is 800. The summed E-state index contributed by atoms with van der Waals surface area (Å²) in [5.41, 5.74) is 2.50. The van der Waals surface area contributed by atoms with Crippen LogP contribution >= 0.6 is 0 Å². The van der Waals surface area contributed by atoms with Crippen LogP contribution in [0.25, 0.3) is 11.4 Å². The number of rotatable bonds is 4. The van der Waals surface area contributed by atoms with Gasteiger partial charge in [0.15, 0.2) is 0 Å². The van der Waals surface area contributed by atoms with Crippen LogP contribution in [0.3, 0.4) is 0 Å². The first-order valence-electron chi connectivity index (χ1n) is 6.96. The van der Waals surface area contributed by atoms with Crippen molar-refractivity contribution in [1.29, 1.82) is 0 Å². The van der Waals surface area contributed by atoms with Gasteiger partial charge in [-0.05, 0) is 18.1 Å². The van der Waals surface area contributed by atoms with Gasteiger partial charge in [-0.25, -0.2) is 9.97 Å². The average molecular weight is 300 g/mol. The zero-order valence-corrected chi connectivity index (χ0v) is 12.4. The van der Waals surface area contributed by atoms with E-state index in [9.17, 15) is 4.79 Å². The quantitative estimate of drug-likeness (QED) is 0.775. The summed E-state index contributed by atoms with van der Waals surface area (Å²) < 4.78 is 1.58. The molecule has 0 aromatic carbocycles. The third kappa shape index (κ3) is 2.73. The molecule has 0 atom stereocenters. The molecule has 0 saturated heterocycles. The number of carbonyl (C=O) groups excluding carboxylic acids is 1. The smallest absolute Gasteiger partial charge is 0.260 e. The molecule has 7 heteroatoms. The van der Waals surface area contributed by atoms with Crippen LogP contribution in [-0.4, -0.2) is 30.6 Å². The Morgan fingerprint density at radius 2 is 2.27 bits per heavy atom. The molecule has 3 aromatic heterocycles. The maximum absolute atomic E-state index is 12.1. The number of carbonyl (C=O) groups is 1. The van der Waals surface area contributed by atoms with Crippen molar-refractivity contribution in [3.8, 4) is 11.4 Å². The molecule has 3 rings (SSSR count). The van der Waals surface area contributed by atoms with Gasteiger partial charge in [0.25, 0.3) is 5.91 Å². The predicted octanol–water partition coefficient (Wildman–Crippen LogP) is 2.51. The van der Waals surface area contributed by atoms with Gasteiger partial charge in [0.2, 0.25) is 0 Å². The summed E-state index contributed by atoms with van der Waals surface area (Å²) in [5, 5.41) is 6.77. The first-order valence-corrected chi connectivity index (χ1v) is 6.96. The SMILES string of the molecule is CCc1cc(NC(=O)c2cnn(C)c2)ncc1-c1ncc[nH]1.[HH].[HH]. The highest BCUT2D eigenvalue weighted by atomic mass is 16.1. The van der Waals surface area contributed by atoms with E-state index in [2.05, 4.69) is 32.3 Å². The van der Waals surface area contributed by atoms with Gasteiger partial charge >= 0.3 is 0 Å². The van der Waals surface area contributed by atoms with Gasteiger partial charge in [-0.2, -0.15) is 5.10 Å². The Labute approximate surface area is 130 Å². The van der Waals surface area contributed by atoms with Gasteiger partial charge in [0, 0.05) is 40.3 Å². The summed E-state index contributed by atoms with van der Waals surface area (Å²) in [7, 11) is 1.77. The summed E-state index contributed by atoms with van der Waals surface area (Å²) in [6.45, 7) is 2.05. The molecule has 0 bridgehead atoms. The number of pyridine rings is 1. The Morgan fingerprint density at radius 3 is 2.91 bits per heavy atom. The van der Waals surface area contributed by atoms with E-state index in [0.29, 0.717) is 11.4 Å². The molecule has 7 nitrogen and oxygen atoms in total. The molecule has 0 unspecified atom stereocenters. The summed E-state index contributed by atoms with van der Waals surface area (Å²) in [6.07, 6.45) is 9.19. The highest BCUT2D eigenvalue weighted by molar-refractivity contribution is 6.03. The first kappa shape index (κ1) is 14.0. The zero-order valence-electron chi connectivity index (χ0n) is 12.4. The molecule has 22 heavy (non-hydrogen) atoms. The number of imidazole rings is 1. The lowest BCUT2D eigenvalue weighted by molar-refractivity contribution is 0.102. The van der Waals surface area contributed by atoms with Crippen LogP contribution in [0.5, 0.6) is 0 Å². The molecule has 116 valence electrons. The molecule has 0 radical (unpaired) electrons. The molecule has 3 aromatic rings. The van der Waals surface area contributed by atoms with Crippen molar-refractivity contribution < 1.29 is 7.65 Å². The Kier molecular flexibility index (Phi) is 3.69. The molecule has 0 aliphatic carbocycles. The Balaban J connectivity index is 0.00000144. The number of nitrogens with one attached hydrogen (secondary N) is 2. The fourth-order valence-electron chi connectivity index (χ4n) is 2.21. The molecule has 0 aliphatic rings. The van der Waals surface area contributed by atoms with Crippen molar-refractivity contribution in [3.63, 3.8) is 0 Å². The number of nitrogens with zero attached hydrogens (tertiary/aromatic N) is 4. The number of aryl methyl sites for hydroxylation is 2. The van der Waals surface area contributed by atoms with Crippen molar-refractivity contribution in [2.75, 3.05) is 5.32 Å².